The number of anilines is 1. The Labute approximate surface area is 110 Å². The van der Waals surface area contributed by atoms with Crippen LogP contribution in [0.25, 0.3) is 0 Å². The zero-order valence-corrected chi connectivity index (χ0v) is 11.3. The molecule has 1 aliphatic carbocycles. The zero-order valence-electron chi connectivity index (χ0n) is 11.3. The van der Waals surface area contributed by atoms with Crippen molar-refractivity contribution in [2.75, 3.05) is 25.4 Å². The number of hydrogen-bond acceptors (Lipinski definition) is 3. The number of nitrogens with one attached hydrogen (secondary N) is 2. The van der Waals surface area contributed by atoms with Crippen LogP contribution in [0.2, 0.25) is 0 Å². The number of likely N-dealkylation sites (N-methyl/N-ethyl adjacent to an activating group) is 1. The van der Waals surface area contributed by atoms with Crippen molar-refractivity contribution in [3.63, 3.8) is 0 Å². The average Bonchev–Trinajstić information content (AvgIpc) is 2.83. The molecule has 0 saturated heterocycles. The summed E-state index contributed by atoms with van der Waals surface area (Å²) in [6.45, 7) is 5.34. The SMILES string of the molecule is CCNCCNC1CC[C@@H](c2cccc(N)c2)C1. The van der Waals surface area contributed by atoms with Gasteiger partial charge in [-0.1, -0.05) is 19.1 Å². The molecule has 0 bridgehead atoms. The predicted molar refractivity (Wildman–Crippen MR) is 77.8 cm³/mol. The van der Waals surface area contributed by atoms with Crippen molar-refractivity contribution in [1.82, 2.24) is 10.6 Å². The van der Waals surface area contributed by atoms with Gasteiger partial charge in [0.05, 0.1) is 0 Å². The van der Waals surface area contributed by atoms with Crippen molar-refractivity contribution in [2.45, 2.75) is 38.1 Å². The first-order valence-electron chi connectivity index (χ1n) is 7.09. The Bertz CT molecular complexity index is 365. The van der Waals surface area contributed by atoms with Gasteiger partial charge in [-0.15, -0.1) is 0 Å². The average molecular weight is 247 g/mol. The molecule has 1 aromatic rings. The van der Waals surface area contributed by atoms with Crippen molar-refractivity contribution < 1.29 is 0 Å². The Morgan fingerprint density at radius 3 is 2.94 bits per heavy atom. The van der Waals surface area contributed by atoms with E-state index in [9.17, 15) is 0 Å². The maximum Gasteiger partial charge on any atom is 0.0316 e. The van der Waals surface area contributed by atoms with Gasteiger partial charge in [0.25, 0.3) is 0 Å². The molecule has 3 nitrogen and oxygen atoms in total. The third-order valence-corrected chi connectivity index (χ3v) is 3.80. The molecule has 1 fully saturated rings. The van der Waals surface area contributed by atoms with Gasteiger partial charge in [0, 0.05) is 24.8 Å². The normalized spacial score (nSPS) is 23.4. The lowest BCUT2D eigenvalue weighted by molar-refractivity contribution is 0.507. The third-order valence-electron chi connectivity index (χ3n) is 3.80. The first kappa shape index (κ1) is 13.4. The summed E-state index contributed by atoms with van der Waals surface area (Å²) >= 11 is 0. The van der Waals surface area contributed by atoms with E-state index in [1.165, 1.54) is 24.8 Å². The molecule has 0 heterocycles. The number of nitrogens with two attached hydrogens (primary N) is 1. The van der Waals surface area contributed by atoms with E-state index in [1.807, 2.05) is 6.07 Å². The fourth-order valence-corrected chi connectivity index (χ4v) is 2.82. The fraction of sp³-hybridized carbons (Fsp3) is 0.600. The van der Waals surface area contributed by atoms with Gasteiger partial charge in [-0.3, -0.25) is 0 Å². The zero-order chi connectivity index (χ0) is 12.8. The third kappa shape index (κ3) is 3.72. The van der Waals surface area contributed by atoms with Crippen LogP contribution in [0.15, 0.2) is 24.3 Å². The first-order valence-corrected chi connectivity index (χ1v) is 7.09. The van der Waals surface area contributed by atoms with Crippen LogP contribution in [0.5, 0.6) is 0 Å². The van der Waals surface area contributed by atoms with Gasteiger partial charge in [0.2, 0.25) is 0 Å². The monoisotopic (exact) mass is 247 g/mol. The molecule has 1 unspecified atom stereocenters. The molecule has 3 heteroatoms. The van der Waals surface area contributed by atoms with Gasteiger partial charge in [-0.2, -0.15) is 0 Å². The summed E-state index contributed by atoms with van der Waals surface area (Å²) in [5, 5.41) is 6.98. The van der Waals surface area contributed by atoms with Gasteiger partial charge in [0.15, 0.2) is 0 Å². The fourth-order valence-electron chi connectivity index (χ4n) is 2.82. The molecule has 0 aliphatic heterocycles. The van der Waals surface area contributed by atoms with Gasteiger partial charge < -0.3 is 16.4 Å². The van der Waals surface area contributed by atoms with Crippen LogP contribution in [-0.2, 0) is 0 Å². The summed E-state index contributed by atoms with van der Waals surface area (Å²) in [5.41, 5.74) is 8.14. The van der Waals surface area contributed by atoms with E-state index in [1.54, 1.807) is 0 Å². The molecule has 0 spiro atoms. The molecule has 0 amide bonds. The second kappa shape index (κ2) is 6.76. The Balaban J connectivity index is 1.78. The lowest BCUT2D eigenvalue weighted by atomic mass is 9.97. The highest BCUT2D eigenvalue weighted by molar-refractivity contribution is 5.42. The van der Waals surface area contributed by atoms with Crippen LogP contribution in [-0.4, -0.2) is 25.7 Å². The topological polar surface area (TPSA) is 50.1 Å². The Morgan fingerprint density at radius 2 is 2.17 bits per heavy atom. The van der Waals surface area contributed by atoms with E-state index in [4.69, 9.17) is 5.73 Å². The summed E-state index contributed by atoms with van der Waals surface area (Å²) in [4.78, 5) is 0. The van der Waals surface area contributed by atoms with Crippen molar-refractivity contribution in [3.05, 3.63) is 29.8 Å². The van der Waals surface area contributed by atoms with Crippen LogP contribution >= 0.6 is 0 Å². The number of nitrogen functional groups attached to an aromatic ring is 1. The van der Waals surface area contributed by atoms with E-state index >= 15 is 0 Å². The number of hydrogen-bond donors (Lipinski definition) is 3. The first-order chi connectivity index (χ1) is 8.79. The molecular weight excluding hydrogens is 222 g/mol. The van der Waals surface area contributed by atoms with Crippen LogP contribution in [0, 0.1) is 0 Å². The molecule has 0 radical (unpaired) electrons. The molecule has 4 N–H and O–H groups in total. The minimum atomic E-state index is 0.676. The smallest absolute Gasteiger partial charge is 0.0316 e. The maximum absolute atomic E-state index is 5.85. The van der Waals surface area contributed by atoms with E-state index in [2.05, 4.69) is 35.8 Å². The summed E-state index contributed by atoms with van der Waals surface area (Å²) in [6.07, 6.45) is 3.81. The predicted octanol–water partition coefficient (Wildman–Crippen LogP) is 2.10. The molecule has 1 saturated carbocycles. The number of benzene rings is 1. The van der Waals surface area contributed by atoms with Crippen LogP contribution in [0.4, 0.5) is 5.69 Å². The van der Waals surface area contributed by atoms with Gasteiger partial charge in [-0.05, 0) is 49.4 Å². The minimum absolute atomic E-state index is 0.676. The summed E-state index contributed by atoms with van der Waals surface area (Å²) in [5.74, 6) is 0.685. The molecule has 1 aromatic carbocycles. The van der Waals surface area contributed by atoms with Gasteiger partial charge in [-0.25, -0.2) is 0 Å². The van der Waals surface area contributed by atoms with Crippen molar-refractivity contribution in [1.29, 1.82) is 0 Å². The Morgan fingerprint density at radius 1 is 1.28 bits per heavy atom. The summed E-state index contributed by atoms with van der Waals surface area (Å²) < 4.78 is 0. The van der Waals surface area contributed by atoms with E-state index in [-0.39, 0.29) is 0 Å². The van der Waals surface area contributed by atoms with Crippen LogP contribution < -0.4 is 16.4 Å². The molecule has 2 rings (SSSR count). The van der Waals surface area contributed by atoms with Crippen molar-refractivity contribution in [3.8, 4) is 0 Å². The molecule has 100 valence electrons. The molecule has 2 atom stereocenters. The molecular formula is C15H25N3. The van der Waals surface area contributed by atoms with Crippen molar-refractivity contribution in [2.24, 2.45) is 0 Å². The van der Waals surface area contributed by atoms with Crippen LogP contribution in [0.1, 0.15) is 37.7 Å². The maximum atomic E-state index is 5.85. The molecule has 0 aromatic heterocycles. The van der Waals surface area contributed by atoms with Gasteiger partial charge >= 0.3 is 0 Å². The highest BCUT2D eigenvalue weighted by atomic mass is 15.0. The molecule has 18 heavy (non-hydrogen) atoms. The lowest BCUT2D eigenvalue weighted by Crippen LogP contribution is -2.33. The Kier molecular flexibility index (Phi) is 5.02. The van der Waals surface area contributed by atoms with E-state index in [0.717, 1.165) is 25.3 Å². The Hall–Kier alpha value is -1.06. The number of rotatable bonds is 6. The highest BCUT2D eigenvalue weighted by Gasteiger charge is 2.25. The van der Waals surface area contributed by atoms with Crippen molar-refractivity contribution >= 4 is 5.69 Å². The highest BCUT2D eigenvalue weighted by Crippen LogP contribution is 2.34. The second-order valence-electron chi connectivity index (χ2n) is 5.18. The van der Waals surface area contributed by atoms with Crippen LogP contribution in [0.3, 0.4) is 0 Å². The lowest BCUT2D eigenvalue weighted by Gasteiger charge is -2.14. The van der Waals surface area contributed by atoms with Gasteiger partial charge in [0.1, 0.15) is 0 Å². The molecule has 1 aliphatic rings. The second-order valence-corrected chi connectivity index (χ2v) is 5.18. The summed E-state index contributed by atoms with van der Waals surface area (Å²) in [7, 11) is 0. The van der Waals surface area contributed by atoms with E-state index < -0.39 is 0 Å². The minimum Gasteiger partial charge on any atom is -0.399 e. The van der Waals surface area contributed by atoms with E-state index in [0.29, 0.717) is 12.0 Å². The standard InChI is InChI=1S/C15H25N3/c1-2-17-8-9-18-15-7-6-13(11-15)12-4-3-5-14(16)10-12/h3-5,10,13,15,17-18H,2,6-9,11,16H2,1H3/t13-,15?/m1/s1. The summed E-state index contributed by atoms with van der Waals surface area (Å²) in [6, 6.07) is 9.05. The largest absolute Gasteiger partial charge is 0.399 e. The quantitative estimate of drug-likeness (QED) is 0.533.